The van der Waals surface area contributed by atoms with Crippen LogP contribution in [0.1, 0.15) is 19.1 Å². The minimum atomic E-state index is -0.262. The topological polar surface area (TPSA) is 65.8 Å². The number of nitrogens with zero attached hydrogens (tertiary/aromatic N) is 2. The maximum atomic E-state index is 12.0. The second kappa shape index (κ2) is 8.77. The SMILES string of the molecule is CCC(=O)N1CCN(c2ccc(NC(=O)/C=C/c3ccco3)cc2Cl)CC1. The molecule has 1 aromatic heterocycles. The predicted molar refractivity (Wildman–Crippen MR) is 107 cm³/mol. The third kappa shape index (κ3) is 4.92. The number of anilines is 2. The number of furan rings is 1. The van der Waals surface area contributed by atoms with Crippen molar-refractivity contribution >= 4 is 40.9 Å². The zero-order chi connectivity index (χ0) is 19.2. The van der Waals surface area contributed by atoms with E-state index in [4.69, 9.17) is 16.0 Å². The largest absolute Gasteiger partial charge is 0.465 e. The Balaban J connectivity index is 1.59. The van der Waals surface area contributed by atoms with Gasteiger partial charge in [-0.2, -0.15) is 0 Å². The van der Waals surface area contributed by atoms with Crippen LogP contribution in [0.3, 0.4) is 0 Å². The van der Waals surface area contributed by atoms with E-state index in [0.717, 1.165) is 18.8 Å². The predicted octanol–water partition coefficient (Wildman–Crippen LogP) is 3.64. The molecule has 0 spiro atoms. The summed E-state index contributed by atoms with van der Waals surface area (Å²) < 4.78 is 5.15. The Morgan fingerprint density at radius 1 is 1.22 bits per heavy atom. The summed E-state index contributed by atoms with van der Waals surface area (Å²) in [4.78, 5) is 27.8. The molecule has 1 aliphatic heterocycles. The summed E-state index contributed by atoms with van der Waals surface area (Å²) in [7, 11) is 0. The van der Waals surface area contributed by atoms with Gasteiger partial charge in [0.15, 0.2) is 0 Å². The van der Waals surface area contributed by atoms with Crippen molar-refractivity contribution in [2.24, 2.45) is 0 Å². The lowest BCUT2D eigenvalue weighted by Crippen LogP contribution is -2.48. The van der Waals surface area contributed by atoms with Crippen LogP contribution in [0.4, 0.5) is 11.4 Å². The molecule has 0 unspecified atom stereocenters. The van der Waals surface area contributed by atoms with Gasteiger partial charge in [0.05, 0.1) is 17.0 Å². The van der Waals surface area contributed by atoms with E-state index < -0.39 is 0 Å². The number of rotatable bonds is 5. The maximum Gasteiger partial charge on any atom is 0.248 e. The molecule has 27 heavy (non-hydrogen) atoms. The van der Waals surface area contributed by atoms with Gasteiger partial charge >= 0.3 is 0 Å². The first-order chi connectivity index (χ1) is 13.1. The molecule has 2 heterocycles. The first-order valence-corrected chi connectivity index (χ1v) is 9.29. The molecule has 1 aliphatic rings. The van der Waals surface area contributed by atoms with Crippen LogP contribution >= 0.6 is 11.6 Å². The summed E-state index contributed by atoms with van der Waals surface area (Å²) in [6.45, 7) is 4.74. The normalized spacial score (nSPS) is 14.6. The fourth-order valence-corrected chi connectivity index (χ4v) is 3.29. The minimum Gasteiger partial charge on any atom is -0.465 e. The molecular weight excluding hydrogens is 366 g/mol. The van der Waals surface area contributed by atoms with Crippen molar-refractivity contribution in [2.75, 3.05) is 36.4 Å². The third-order valence-electron chi connectivity index (χ3n) is 4.43. The van der Waals surface area contributed by atoms with Crippen molar-refractivity contribution in [3.63, 3.8) is 0 Å². The van der Waals surface area contributed by atoms with Gasteiger partial charge in [-0.15, -0.1) is 0 Å². The monoisotopic (exact) mass is 387 g/mol. The molecule has 0 radical (unpaired) electrons. The van der Waals surface area contributed by atoms with E-state index in [0.29, 0.717) is 36.0 Å². The number of carbonyl (C=O) groups excluding carboxylic acids is 2. The Morgan fingerprint density at radius 3 is 2.63 bits per heavy atom. The maximum absolute atomic E-state index is 12.0. The van der Waals surface area contributed by atoms with Gasteiger partial charge in [-0.05, 0) is 36.4 Å². The summed E-state index contributed by atoms with van der Waals surface area (Å²) in [5.74, 6) is 0.530. The highest BCUT2D eigenvalue weighted by molar-refractivity contribution is 6.33. The second-order valence-corrected chi connectivity index (χ2v) is 6.63. The van der Waals surface area contributed by atoms with Crippen molar-refractivity contribution in [1.29, 1.82) is 0 Å². The average Bonchev–Trinajstić information content (AvgIpc) is 3.20. The van der Waals surface area contributed by atoms with Gasteiger partial charge in [-0.25, -0.2) is 0 Å². The number of nitrogens with one attached hydrogen (secondary N) is 1. The standard InChI is InChI=1S/C20H22ClN3O3/c1-2-20(26)24-11-9-23(10-12-24)18-7-5-15(14-17(18)21)22-19(25)8-6-16-4-3-13-27-16/h3-8,13-14H,2,9-12H2,1H3,(H,22,25)/b8-6+. The molecule has 3 rings (SSSR count). The molecular formula is C20H22ClN3O3. The number of hydrogen-bond acceptors (Lipinski definition) is 4. The van der Waals surface area contributed by atoms with Crippen molar-refractivity contribution in [2.45, 2.75) is 13.3 Å². The Hall–Kier alpha value is -2.73. The molecule has 1 N–H and O–H groups in total. The fraction of sp³-hybridized carbons (Fsp3) is 0.300. The number of piperazine rings is 1. The Kier molecular flexibility index (Phi) is 6.19. The summed E-state index contributed by atoms with van der Waals surface area (Å²) in [5.41, 5.74) is 1.53. The highest BCUT2D eigenvalue weighted by Gasteiger charge is 2.21. The molecule has 2 amide bonds. The van der Waals surface area contributed by atoms with Crippen LogP contribution in [0, 0.1) is 0 Å². The summed E-state index contributed by atoms with van der Waals surface area (Å²) in [6.07, 6.45) is 5.09. The van der Waals surface area contributed by atoms with E-state index in [1.165, 1.54) is 6.08 Å². The van der Waals surface area contributed by atoms with Crippen LogP contribution < -0.4 is 10.2 Å². The van der Waals surface area contributed by atoms with Crippen LogP contribution in [0.15, 0.2) is 47.1 Å². The van der Waals surface area contributed by atoms with Gasteiger partial charge in [0.25, 0.3) is 0 Å². The molecule has 1 saturated heterocycles. The van der Waals surface area contributed by atoms with E-state index in [9.17, 15) is 9.59 Å². The molecule has 0 aliphatic carbocycles. The lowest BCUT2D eigenvalue weighted by molar-refractivity contribution is -0.131. The van der Waals surface area contributed by atoms with Gasteiger partial charge < -0.3 is 19.5 Å². The zero-order valence-corrected chi connectivity index (χ0v) is 15.9. The number of halogens is 1. The number of benzene rings is 1. The molecule has 0 saturated carbocycles. The van der Waals surface area contributed by atoms with Crippen molar-refractivity contribution in [3.05, 3.63) is 53.5 Å². The van der Waals surface area contributed by atoms with Crippen LogP contribution in [0.2, 0.25) is 5.02 Å². The van der Waals surface area contributed by atoms with E-state index in [-0.39, 0.29) is 11.8 Å². The van der Waals surface area contributed by atoms with Crippen LogP contribution in [0.5, 0.6) is 0 Å². The van der Waals surface area contributed by atoms with Crippen LogP contribution in [-0.4, -0.2) is 42.9 Å². The lowest BCUT2D eigenvalue weighted by Gasteiger charge is -2.36. The average molecular weight is 388 g/mol. The number of amides is 2. The minimum absolute atomic E-state index is 0.182. The van der Waals surface area contributed by atoms with Gasteiger partial charge in [0.2, 0.25) is 11.8 Å². The zero-order valence-electron chi connectivity index (χ0n) is 15.2. The molecule has 7 heteroatoms. The number of hydrogen-bond donors (Lipinski definition) is 1. The summed E-state index contributed by atoms with van der Waals surface area (Å²) >= 11 is 6.42. The summed E-state index contributed by atoms with van der Waals surface area (Å²) in [5, 5.41) is 3.35. The molecule has 2 aromatic rings. The molecule has 1 aromatic carbocycles. The van der Waals surface area contributed by atoms with E-state index in [2.05, 4.69) is 10.2 Å². The second-order valence-electron chi connectivity index (χ2n) is 6.23. The first-order valence-electron chi connectivity index (χ1n) is 8.91. The molecule has 6 nitrogen and oxygen atoms in total. The van der Waals surface area contributed by atoms with E-state index >= 15 is 0 Å². The Morgan fingerprint density at radius 2 is 2.00 bits per heavy atom. The van der Waals surface area contributed by atoms with Crippen molar-refractivity contribution < 1.29 is 14.0 Å². The third-order valence-corrected chi connectivity index (χ3v) is 4.74. The Bertz CT molecular complexity index is 825. The fourth-order valence-electron chi connectivity index (χ4n) is 2.99. The van der Waals surface area contributed by atoms with Crippen LogP contribution in [0.25, 0.3) is 6.08 Å². The van der Waals surface area contributed by atoms with Gasteiger partial charge in [-0.1, -0.05) is 18.5 Å². The lowest BCUT2D eigenvalue weighted by atomic mass is 10.2. The smallest absolute Gasteiger partial charge is 0.248 e. The van der Waals surface area contributed by atoms with Crippen molar-refractivity contribution in [1.82, 2.24) is 4.90 Å². The highest BCUT2D eigenvalue weighted by atomic mass is 35.5. The van der Waals surface area contributed by atoms with Crippen LogP contribution in [-0.2, 0) is 9.59 Å². The van der Waals surface area contributed by atoms with Gasteiger partial charge in [0.1, 0.15) is 5.76 Å². The van der Waals surface area contributed by atoms with Gasteiger partial charge in [-0.3, -0.25) is 9.59 Å². The van der Waals surface area contributed by atoms with E-state index in [1.54, 1.807) is 30.5 Å². The quantitative estimate of drug-likeness (QED) is 0.795. The summed E-state index contributed by atoms with van der Waals surface area (Å²) in [6, 6.07) is 8.98. The molecule has 142 valence electrons. The van der Waals surface area contributed by atoms with Gasteiger partial charge in [0, 0.05) is 44.4 Å². The Labute approximate surface area is 163 Å². The molecule has 0 bridgehead atoms. The van der Waals surface area contributed by atoms with Crippen molar-refractivity contribution in [3.8, 4) is 0 Å². The number of carbonyl (C=O) groups is 2. The molecule has 0 atom stereocenters. The first kappa shape index (κ1) is 19.0. The highest BCUT2D eigenvalue weighted by Crippen LogP contribution is 2.29. The molecule has 1 fully saturated rings. The van der Waals surface area contributed by atoms with E-state index in [1.807, 2.05) is 24.0 Å².